The number of amides is 1. The Balaban J connectivity index is 2.04. The van der Waals surface area contributed by atoms with Gasteiger partial charge in [-0.15, -0.1) is 0 Å². The number of nitrogens with zero attached hydrogens (tertiary/aromatic N) is 2. The first kappa shape index (κ1) is 21.7. The monoisotopic (exact) mass is 404 g/mol. The number of piperidine rings is 1. The molecule has 152 valence electrons. The lowest BCUT2D eigenvalue weighted by Gasteiger charge is -2.26. The van der Waals surface area contributed by atoms with Gasteiger partial charge in [0.05, 0.1) is 24.5 Å². The molecule has 0 N–H and O–H groups in total. The third kappa shape index (κ3) is 6.22. The maximum absolute atomic E-state index is 12.7. The Morgan fingerprint density at radius 3 is 2.37 bits per heavy atom. The summed E-state index contributed by atoms with van der Waals surface area (Å²) in [6, 6.07) is 6.07. The molecule has 1 heterocycles. The standard InChI is InChI=1S/C18H26F2N2O4S/c1-26-12-11-21(14-17(19)20)18(23)13-15-5-7-16(8-6-15)27(24,25)22-9-3-2-4-10-22/h5-8,17H,2-4,9-14H2,1H3. The van der Waals surface area contributed by atoms with E-state index in [2.05, 4.69) is 0 Å². The molecule has 0 saturated carbocycles. The van der Waals surface area contributed by atoms with E-state index >= 15 is 0 Å². The third-order valence-electron chi connectivity index (χ3n) is 4.51. The van der Waals surface area contributed by atoms with Gasteiger partial charge in [-0.25, -0.2) is 17.2 Å². The fraction of sp³-hybridized carbons (Fsp3) is 0.611. The van der Waals surface area contributed by atoms with Crippen molar-refractivity contribution in [1.82, 2.24) is 9.21 Å². The summed E-state index contributed by atoms with van der Waals surface area (Å²) in [7, 11) is -2.09. The Bertz CT molecular complexity index is 705. The van der Waals surface area contributed by atoms with E-state index in [9.17, 15) is 22.0 Å². The number of halogens is 2. The second-order valence-corrected chi connectivity index (χ2v) is 8.45. The van der Waals surface area contributed by atoms with E-state index in [1.165, 1.54) is 23.5 Å². The zero-order valence-electron chi connectivity index (χ0n) is 15.4. The van der Waals surface area contributed by atoms with Gasteiger partial charge >= 0.3 is 0 Å². The fourth-order valence-corrected chi connectivity index (χ4v) is 4.52. The van der Waals surface area contributed by atoms with Crippen LogP contribution in [0.3, 0.4) is 0 Å². The van der Waals surface area contributed by atoms with E-state index in [1.807, 2.05) is 0 Å². The molecule has 27 heavy (non-hydrogen) atoms. The average Bonchev–Trinajstić information content (AvgIpc) is 2.66. The Labute approximate surface area is 159 Å². The maximum atomic E-state index is 12.7. The Morgan fingerprint density at radius 1 is 1.19 bits per heavy atom. The first-order valence-corrected chi connectivity index (χ1v) is 10.4. The Kier molecular flexibility index (Phi) is 8.12. The van der Waals surface area contributed by atoms with Crippen LogP contribution in [0.5, 0.6) is 0 Å². The van der Waals surface area contributed by atoms with Gasteiger partial charge in [0.2, 0.25) is 15.9 Å². The minimum atomic E-state index is -3.53. The molecule has 0 atom stereocenters. The van der Waals surface area contributed by atoms with Crippen molar-refractivity contribution < 1.29 is 26.7 Å². The Morgan fingerprint density at radius 2 is 1.81 bits per heavy atom. The summed E-state index contributed by atoms with van der Waals surface area (Å²) in [6.07, 6.45) is 0.0505. The largest absolute Gasteiger partial charge is 0.383 e. The molecule has 0 radical (unpaired) electrons. The highest BCUT2D eigenvalue weighted by Gasteiger charge is 2.26. The van der Waals surface area contributed by atoms with Crippen molar-refractivity contribution in [3.8, 4) is 0 Å². The molecule has 0 aromatic heterocycles. The third-order valence-corrected chi connectivity index (χ3v) is 6.42. The van der Waals surface area contributed by atoms with Crippen LogP contribution in [0.1, 0.15) is 24.8 Å². The lowest BCUT2D eigenvalue weighted by Crippen LogP contribution is -2.38. The van der Waals surface area contributed by atoms with Gasteiger partial charge in [0.15, 0.2) is 0 Å². The van der Waals surface area contributed by atoms with E-state index < -0.39 is 28.9 Å². The summed E-state index contributed by atoms with van der Waals surface area (Å²) in [4.78, 5) is 13.5. The molecule has 9 heteroatoms. The molecule has 0 aliphatic carbocycles. The van der Waals surface area contributed by atoms with Crippen LogP contribution in [0.25, 0.3) is 0 Å². The van der Waals surface area contributed by atoms with Gasteiger partial charge in [0.1, 0.15) is 0 Å². The fourth-order valence-electron chi connectivity index (χ4n) is 3.01. The van der Waals surface area contributed by atoms with Gasteiger partial charge < -0.3 is 9.64 Å². The molecular weight excluding hydrogens is 378 g/mol. The molecule has 0 unspecified atom stereocenters. The van der Waals surface area contributed by atoms with Gasteiger partial charge in [-0.2, -0.15) is 4.31 Å². The number of hydrogen-bond acceptors (Lipinski definition) is 4. The summed E-state index contributed by atoms with van der Waals surface area (Å²) in [6.45, 7) is 0.644. The van der Waals surface area contributed by atoms with Gasteiger partial charge in [0, 0.05) is 26.7 Å². The van der Waals surface area contributed by atoms with Crippen LogP contribution in [0.15, 0.2) is 29.2 Å². The van der Waals surface area contributed by atoms with Gasteiger partial charge in [-0.1, -0.05) is 18.6 Å². The molecular formula is C18H26F2N2O4S. The molecule has 1 fully saturated rings. The van der Waals surface area contributed by atoms with Crippen molar-refractivity contribution in [3.63, 3.8) is 0 Å². The Hall–Kier alpha value is -1.58. The number of methoxy groups -OCH3 is 1. The second-order valence-electron chi connectivity index (χ2n) is 6.51. The van der Waals surface area contributed by atoms with E-state index in [4.69, 9.17) is 4.74 Å². The smallest absolute Gasteiger partial charge is 0.255 e. The number of carbonyl (C=O) groups is 1. The number of sulfonamides is 1. The molecule has 2 rings (SSSR count). The number of benzene rings is 1. The van der Waals surface area contributed by atoms with E-state index in [-0.39, 0.29) is 24.5 Å². The zero-order chi connectivity index (χ0) is 19.9. The van der Waals surface area contributed by atoms with Crippen LogP contribution < -0.4 is 0 Å². The van der Waals surface area contributed by atoms with Crippen LogP contribution in [0.4, 0.5) is 8.78 Å². The molecule has 0 spiro atoms. The molecule has 1 aliphatic heterocycles. The van der Waals surface area contributed by atoms with Crippen molar-refractivity contribution in [3.05, 3.63) is 29.8 Å². The van der Waals surface area contributed by atoms with Crippen LogP contribution in [0, 0.1) is 0 Å². The highest BCUT2D eigenvalue weighted by Crippen LogP contribution is 2.21. The van der Waals surface area contributed by atoms with E-state index in [0.717, 1.165) is 24.2 Å². The number of rotatable bonds is 9. The highest BCUT2D eigenvalue weighted by atomic mass is 32.2. The number of carbonyl (C=O) groups excluding carboxylic acids is 1. The van der Waals surface area contributed by atoms with Crippen molar-refractivity contribution in [2.24, 2.45) is 0 Å². The highest BCUT2D eigenvalue weighted by molar-refractivity contribution is 7.89. The van der Waals surface area contributed by atoms with Crippen molar-refractivity contribution in [2.75, 3.05) is 39.9 Å². The van der Waals surface area contributed by atoms with E-state index in [1.54, 1.807) is 12.1 Å². The molecule has 1 aliphatic rings. The summed E-state index contributed by atoms with van der Waals surface area (Å²) in [5.74, 6) is -0.445. The summed E-state index contributed by atoms with van der Waals surface area (Å²) >= 11 is 0. The summed E-state index contributed by atoms with van der Waals surface area (Å²) < 4.78 is 56.9. The van der Waals surface area contributed by atoms with E-state index in [0.29, 0.717) is 18.7 Å². The summed E-state index contributed by atoms with van der Waals surface area (Å²) in [5, 5.41) is 0. The molecule has 6 nitrogen and oxygen atoms in total. The van der Waals surface area contributed by atoms with Crippen molar-refractivity contribution in [2.45, 2.75) is 37.0 Å². The van der Waals surface area contributed by atoms with Crippen LogP contribution in [-0.2, 0) is 26.0 Å². The van der Waals surface area contributed by atoms with Gasteiger partial charge in [-0.05, 0) is 30.5 Å². The number of ether oxygens (including phenoxy) is 1. The maximum Gasteiger partial charge on any atom is 0.255 e. The zero-order valence-corrected chi connectivity index (χ0v) is 16.3. The van der Waals surface area contributed by atoms with Crippen molar-refractivity contribution in [1.29, 1.82) is 0 Å². The van der Waals surface area contributed by atoms with Crippen molar-refractivity contribution >= 4 is 15.9 Å². The minimum absolute atomic E-state index is 0.0690. The minimum Gasteiger partial charge on any atom is -0.383 e. The van der Waals surface area contributed by atoms with Gasteiger partial charge in [0.25, 0.3) is 6.43 Å². The predicted molar refractivity (Wildman–Crippen MR) is 97.2 cm³/mol. The van der Waals surface area contributed by atoms with Crippen LogP contribution >= 0.6 is 0 Å². The van der Waals surface area contributed by atoms with Crippen LogP contribution in [0.2, 0.25) is 0 Å². The number of alkyl halides is 2. The van der Waals surface area contributed by atoms with Crippen LogP contribution in [-0.4, -0.2) is 69.9 Å². The predicted octanol–water partition coefficient (Wildman–Crippen LogP) is 2.14. The number of hydrogen-bond donors (Lipinski definition) is 0. The SMILES string of the molecule is COCCN(CC(F)F)C(=O)Cc1ccc(S(=O)(=O)N2CCCCC2)cc1. The molecule has 1 aromatic rings. The first-order chi connectivity index (χ1) is 12.8. The lowest BCUT2D eigenvalue weighted by molar-refractivity contribution is -0.133. The van der Waals surface area contributed by atoms with Gasteiger partial charge in [-0.3, -0.25) is 4.79 Å². The molecule has 1 aromatic carbocycles. The summed E-state index contributed by atoms with van der Waals surface area (Å²) in [5.41, 5.74) is 0.578. The molecule has 0 bridgehead atoms. The second kappa shape index (κ2) is 10.1. The molecule has 1 saturated heterocycles. The average molecular weight is 404 g/mol. The topological polar surface area (TPSA) is 66.9 Å². The quantitative estimate of drug-likeness (QED) is 0.633. The lowest BCUT2D eigenvalue weighted by atomic mass is 10.1. The first-order valence-electron chi connectivity index (χ1n) is 8.98. The normalized spacial score (nSPS) is 15.9. The molecule has 1 amide bonds.